The number of aryl methyl sites for hydroxylation is 1. The van der Waals surface area contributed by atoms with Gasteiger partial charge in [-0.15, -0.1) is 0 Å². The quantitative estimate of drug-likeness (QED) is 0.876. The van der Waals surface area contributed by atoms with Crippen molar-refractivity contribution in [3.05, 3.63) is 53.1 Å². The van der Waals surface area contributed by atoms with Gasteiger partial charge >= 0.3 is 0 Å². The van der Waals surface area contributed by atoms with Crippen molar-refractivity contribution in [3.8, 4) is 0 Å². The lowest BCUT2D eigenvalue weighted by molar-refractivity contribution is 0.366. The third kappa shape index (κ3) is 2.34. The van der Waals surface area contributed by atoms with Crippen molar-refractivity contribution in [2.75, 3.05) is 7.05 Å². The minimum atomic E-state index is 0.0989. The highest BCUT2D eigenvalue weighted by molar-refractivity contribution is 7.80. The van der Waals surface area contributed by atoms with Crippen LogP contribution in [0.5, 0.6) is 0 Å². The van der Waals surface area contributed by atoms with Crippen molar-refractivity contribution in [2.24, 2.45) is 0 Å². The maximum Gasteiger partial charge on any atom is 0.169 e. The molecule has 0 spiro atoms. The topological polar surface area (TPSA) is 33.1 Å². The summed E-state index contributed by atoms with van der Waals surface area (Å²) in [5.74, 6) is 0. The molecule has 1 N–H and O–H groups in total. The van der Waals surface area contributed by atoms with Crippen molar-refractivity contribution >= 4 is 17.3 Å². The normalized spacial score (nSPS) is 24.1. The number of likely N-dealkylation sites (N-methyl/N-ethyl adjacent to an activating group) is 1. The van der Waals surface area contributed by atoms with Crippen molar-refractivity contribution in [2.45, 2.75) is 44.8 Å². The molecule has 2 unspecified atom stereocenters. The Morgan fingerprint density at radius 2 is 2.04 bits per heavy atom. The largest absolute Gasteiger partial charge is 0.352 e. The third-order valence-corrected chi connectivity index (χ3v) is 5.50. The molecule has 2 aliphatic rings. The first-order chi connectivity index (χ1) is 11.1. The third-order valence-electron chi connectivity index (χ3n) is 5.09. The predicted molar refractivity (Wildman–Crippen MR) is 95.4 cm³/mol. The zero-order valence-corrected chi connectivity index (χ0v) is 14.6. The van der Waals surface area contributed by atoms with Crippen LogP contribution in [0.15, 0.2) is 30.5 Å². The molecule has 2 aromatic rings. The van der Waals surface area contributed by atoms with Gasteiger partial charge in [-0.25, -0.2) is 0 Å². The SMILES string of the molecule is Cc1cc(C2C(c3ccccn3)NC(=S)N2C)c(C)n1C1CC1. The molecule has 0 amide bonds. The Hall–Kier alpha value is -1.88. The molecule has 120 valence electrons. The second-order valence-electron chi connectivity index (χ2n) is 6.67. The number of hydrogen-bond donors (Lipinski definition) is 1. The van der Waals surface area contributed by atoms with Crippen LogP contribution in [0.1, 0.15) is 53.6 Å². The van der Waals surface area contributed by atoms with E-state index in [-0.39, 0.29) is 12.1 Å². The van der Waals surface area contributed by atoms with Gasteiger partial charge in [0.25, 0.3) is 0 Å². The molecule has 5 heteroatoms. The fourth-order valence-electron chi connectivity index (χ4n) is 3.84. The summed E-state index contributed by atoms with van der Waals surface area (Å²) in [4.78, 5) is 6.73. The second kappa shape index (κ2) is 5.34. The summed E-state index contributed by atoms with van der Waals surface area (Å²) in [5, 5.41) is 4.25. The molecule has 1 saturated carbocycles. The number of pyridine rings is 1. The monoisotopic (exact) mass is 326 g/mol. The van der Waals surface area contributed by atoms with E-state index in [1.807, 2.05) is 18.3 Å². The standard InChI is InChI=1S/C18H22N4S/c1-11-10-14(12(2)22(11)13-7-8-13)17-16(20-18(23)21(17)3)15-6-4-5-9-19-15/h4-6,9-10,13,16-17H,7-8H2,1-3H3,(H,20,23). The maximum atomic E-state index is 5.52. The van der Waals surface area contributed by atoms with Gasteiger partial charge in [-0.05, 0) is 62.7 Å². The Morgan fingerprint density at radius 3 is 2.70 bits per heavy atom. The maximum absolute atomic E-state index is 5.52. The van der Waals surface area contributed by atoms with E-state index in [0.29, 0.717) is 6.04 Å². The summed E-state index contributed by atoms with van der Waals surface area (Å²) in [6, 6.07) is 9.39. The molecule has 2 fully saturated rings. The van der Waals surface area contributed by atoms with Crippen molar-refractivity contribution < 1.29 is 0 Å². The van der Waals surface area contributed by atoms with Gasteiger partial charge in [-0.2, -0.15) is 0 Å². The highest BCUT2D eigenvalue weighted by atomic mass is 32.1. The van der Waals surface area contributed by atoms with Crippen molar-refractivity contribution in [3.63, 3.8) is 0 Å². The number of aromatic nitrogens is 2. The summed E-state index contributed by atoms with van der Waals surface area (Å²) in [6.45, 7) is 4.45. The minimum Gasteiger partial charge on any atom is -0.352 e. The van der Waals surface area contributed by atoms with Gasteiger partial charge in [0.05, 0.1) is 17.8 Å². The Balaban J connectivity index is 1.79. The van der Waals surface area contributed by atoms with E-state index in [9.17, 15) is 0 Å². The van der Waals surface area contributed by atoms with Gasteiger partial charge in [0.2, 0.25) is 0 Å². The molecular weight excluding hydrogens is 304 g/mol. The molecule has 4 rings (SSSR count). The summed E-state index contributed by atoms with van der Waals surface area (Å²) >= 11 is 5.52. The van der Waals surface area contributed by atoms with Gasteiger partial charge in [-0.3, -0.25) is 4.98 Å². The van der Waals surface area contributed by atoms with Crippen LogP contribution >= 0.6 is 12.2 Å². The molecule has 1 aliphatic carbocycles. The van der Waals surface area contributed by atoms with E-state index in [2.05, 4.69) is 52.8 Å². The number of nitrogens with one attached hydrogen (secondary N) is 1. The second-order valence-corrected chi connectivity index (χ2v) is 7.05. The molecule has 23 heavy (non-hydrogen) atoms. The van der Waals surface area contributed by atoms with E-state index in [1.165, 1.54) is 29.8 Å². The number of nitrogens with zero attached hydrogens (tertiary/aromatic N) is 3. The lowest BCUT2D eigenvalue weighted by Gasteiger charge is -2.24. The molecule has 0 radical (unpaired) electrons. The molecule has 0 bridgehead atoms. The molecule has 4 nitrogen and oxygen atoms in total. The number of thiocarbonyl (C=S) groups is 1. The fourth-order valence-corrected chi connectivity index (χ4v) is 4.08. The first-order valence-electron chi connectivity index (χ1n) is 8.20. The van der Waals surface area contributed by atoms with Crippen molar-refractivity contribution in [1.82, 2.24) is 19.8 Å². The smallest absolute Gasteiger partial charge is 0.169 e. The summed E-state index contributed by atoms with van der Waals surface area (Å²) < 4.78 is 2.50. The number of rotatable bonds is 3. The highest BCUT2D eigenvalue weighted by Crippen LogP contribution is 2.43. The molecule has 3 heterocycles. The van der Waals surface area contributed by atoms with Crippen LogP contribution in [0.4, 0.5) is 0 Å². The van der Waals surface area contributed by atoms with Crippen molar-refractivity contribution in [1.29, 1.82) is 0 Å². The Kier molecular flexibility index (Phi) is 3.41. The molecule has 2 atom stereocenters. The van der Waals surface area contributed by atoms with E-state index in [4.69, 9.17) is 12.2 Å². The summed E-state index contributed by atoms with van der Waals surface area (Å²) in [6.07, 6.45) is 4.45. The van der Waals surface area contributed by atoms with Crippen LogP contribution in [-0.4, -0.2) is 26.6 Å². The van der Waals surface area contributed by atoms with E-state index < -0.39 is 0 Å². The Labute approximate surface area is 142 Å². The first-order valence-corrected chi connectivity index (χ1v) is 8.61. The summed E-state index contributed by atoms with van der Waals surface area (Å²) in [5.41, 5.74) is 5.13. The fraction of sp³-hybridized carbons (Fsp3) is 0.444. The number of hydrogen-bond acceptors (Lipinski definition) is 2. The highest BCUT2D eigenvalue weighted by Gasteiger charge is 2.40. The average Bonchev–Trinajstić information content (AvgIpc) is 3.28. The Morgan fingerprint density at radius 1 is 1.26 bits per heavy atom. The lowest BCUT2D eigenvalue weighted by Crippen LogP contribution is -2.25. The average molecular weight is 326 g/mol. The van der Waals surface area contributed by atoms with Gasteiger partial charge in [0, 0.05) is 30.7 Å². The van der Waals surface area contributed by atoms with Gasteiger partial charge in [-0.1, -0.05) is 6.07 Å². The van der Waals surface area contributed by atoms with Crippen LogP contribution in [-0.2, 0) is 0 Å². The predicted octanol–water partition coefficient (Wildman–Crippen LogP) is 3.44. The zero-order valence-electron chi connectivity index (χ0n) is 13.8. The van der Waals surface area contributed by atoms with Gasteiger partial charge in [0.15, 0.2) is 5.11 Å². The molecule has 0 aromatic carbocycles. The molecule has 1 saturated heterocycles. The lowest BCUT2D eigenvalue weighted by atomic mass is 9.97. The minimum absolute atomic E-state index is 0.0989. The van der Waals surface area contributed by atoms with Gasteiger partial charge in [0.1, 0.15) is 0 Å². The molecular formula is C18H22N4S. The molecule has 2 aromatic heterocycles. The Bertz CT molecular complexity index is 748. The van der Waals surface area contributed by atoms with E-state index >= 15 is 0 Å². The van der Waals surface area contributed by atoms with Gasteiger partial charge < -0.3 is 14.8 Å². The van der Waals surface area contributed by atoms with Crippen LogP contribution in [0.25, 0.3) is 0 Å². The van der Waals surface area contributed by atoms with Crippen LogP contribution in [0.3, 0.4) is 0 Å². The van der Waals surface area contributed by atoms with Crippen LogP contribution < -0.4 is 5.32 Å². The van der Waals surface area contributed by atoms with Crippen LogP contribution in [0, 0.1) is 13.8 Å². The zero-order chi connectivity index (χ0) is 16.1. The van der Waals surface area contributed by atoms with Crippen LogP contribution in [0.2, 0.25) is 0 Å². The van der Waals surface area contributed by atoms with E-state index in [0.717, 1.165) is 10.8 Å². The first kappa shape index (κ1) is 14.7. The summed E-state index contributed by atoms with van der Waals surface area (Å²) in [7, 11) is 2.08. The molecule has 1 aliphatic heterocycles. The van der Waals surface area contributed by atoms with E-state index in [1.54, 1.807) is 0 Å².